The van der Waals surface area contributed by atoms with Crippen LogP contribution >= 0.6 is 0 Å². The number of aliphatic hydroxyl groups is 2. The van der Waals surface area contributed by atoms with Crippen molar-refractivity contribution >= 4 is 23.7 Å². The Labute approximate surface area is 269 Å². The zero-order valence-electron chi connectivity index (χ0n) is 27.9. The van der Waals surface area contributed by atoms with Crippen LogP contribution in [0.3, 0.4) is 0 Å². The number of ether oxygens (including phenoxy) is 4. The maximum absolute atomic E-state index is 15.0. The van der Waals surface area contributed by atoms with E-state index in [1.54, 1.807) is 58.0 Å². The SMILES string of the molecule is CC(=O)OC12COC1C[C@H](C)[C@@]1(C)C(=O)[C@H](C)C3=C(C)C(OC(=O)C(O)C(C)N)CC(O)(C(OC(=O)c4ccccc4)C21)C3(C)C. The molecule has 0 amide bonds. The minimum atomic E-state index is -1.97. The standard InChI is InChI=1S/C35H47NO10/c1-17-14-24-34(16-43-24,46-21(5)37)27-29(45-30(40)22-12-10-9-11-13-22)35(42)15-23(44-31(41)26(38)20(4)36)18(2)25(32(35,6)7)19(3)28(39)33(17,27)8/h9-13,17,19-20,23-24,26-27,29,38,42H,14-16,36H2,1-8H3/t17-,19+,20?,23?,24?,26?,27?,29?,33+,34?,35?/m0/s1. The van der Waals surface area contributed by atoms with Crippen LogP contribution in [0.1, 0.15) is 78.6 Å². The van der Waals surface area contributed by atoms with Gasteiger partial charge in [-0.3, -0.25) is 9.59 Å². The smallest absolute Gasteiger partial charge is 0.338 e. The highest BCUT2D eigenvalue weighted by Gasteiger charge is 2.77. The van der Waals surface area contributed by atoms with Crippen LogP contribution in [0.15, 0.2) is 41.5 Å². The van der Waals surface area contributed by atoms with Crippen molar-refractivity contribution in [2.45, 2.75) is 110 Å². The number of nitrogens with two attached hydrogens (primary N) is 1. The lowest BCUT2D eigenvalue weighted by atomic mass is 9.42. The lowest BCUT2D eigenvalue weighted by molar-refractivity contribution is -0.339. The second-order valence-electron chi connectivity index (χ2n) is 14.6. The molecule has 1 aromatic carbocycles. The van der Waals surface area contributed by atoms with Gasteiger partial charge in [0.2, 0.25) is 0 Å². The Balaban J connectivity index is 1.79. The second-order valence-corrected chi connectivity index (χ2v) is 14.6. The molecule has 4 aliphatic rings. The number of rotatable bonds is 6. The van der Waals surface area contributed by atoms with Gasteiger partial charge in [-0.2, -0.15) is 0 Å². The van der Waals surface area contributed by atoms with Gasteiger partial charge in [0, 0.05) is 36.1 Å². The molecule has 2 bridgehead atoms. The van der Waals surface area contributed by atoms with Crippen molar-refractivity contribution in [3.8, 4) is 0 Å². The third kappa shape index (κ3) is 4.84. The van der Waals surface area contributed by atoms with E-state index in [0.717, 1.165) is 0 Å². The van der Waals surface area contributed by atoms with Crippen LogP contribution in [0.5, 0.6) is 0 Å². The lowest BCUT2D eigenvalue weighted by Gasteiger charge is -2.68. The number of fused-ring (bicyclic) bond motifs is 5. The molecule has 11 nitrogen and oxygen atoms in total. The van der Waals surface area contributed by atoms with Crippen LogP contribution in [-0.2, 0) is 33.3 Å². The van der Waals surface area contributed by atoms with Gasteiger partial charge in [-0.05, 0) is 49.5 Å². The molecule has 1 aromatic rings. The summed E-state index contributed by atoms with van der Waals surface area (Å²) in [5.41, 5.74) is 1.31. The van der Waals surface area contributed by atoms with Gasteiger partial charge in [0.15, 0.2) is 11.7 Å². The van der Waals surface area contributed by atoms with Gasteiger partial charge >= 0.3 is 17.9 Å². The molecule has 4 N–H and O–H groups in total. The molecule has 3 aliphatic carbocycles. The largest absolute Gasteiger partial charge is 0.456 e. The number of carbonyl (C=O) groups excluding carboxylic acids is 4. The molecular weight excluding hydrogens is 594 g/mol. The Morgan fingerprint density at radius 1 is 1.09 bits per heavy atom. The van der Waals surface area contributed by atoms with E-state index in [4.69, 9.17) is 24.7 Å². The Morgan fingerprint density at radius 3 is 2.26 bits per heavy atom. The first-order valence-corrected chi connectivity index (χ1v) is 16.0. The van der Waals surface area contributed by atoms with Crippen LogP contribution < -0.4 is 5.73 Å². The van der Waals surface area contributed by atoms with Crippen LogP contribution in [0.4, 0.5) is 0 Å². The predicted molar refractivity (Wildman–Crippen MR) is 165 cm³/mol. The Kier molecular flexibility index (Phi) is 8.58. The maximum Gasteiger partial charge on any atom is 0.338 e. The molecule has 11 heteroatoms. The van der Waals surface area contributed by atoms with Gasteiger partial charge < -0.3 is 34.9 Å². The van der Waals surface area contributed by atoms with E-state index < -0.39 is 82.2 Å². The fourth-order valence-corrected chi connectivity index (χ4v) is 8.99. The van der Waals surface area contributed by atoms with Gasteiger partial charge in [-0.15, -0.1) is 0 Å². The molecule has 252 valence electrons. The molecule has 46 heavy (non-hydrogen) atoms. The molecule has 1 saturated heterocycles. The van der Waals surface area contributed by atoms with E-state index in [9.17, 15) is 24.6 Å². The molecule has 2 saturated carbocycles. The molecule has 0 spiro atoms. The number of carbonyl (C=O) groups is 4. The van der Waals surface area contributed by atoms with Crippen molar-refractivity contribution in [2.75, 3.05) is 6.61 Å². The van der Waals surface area contributed by atoms with Crippen molar-refractivity contribution in [2.24, 2.45) is 34.3 Å². The summed E-state index contributed by atoms with van der Waals surface area (Å²) in [6, 6.07) is 7.38. The number of aliphatic hydroxyl groups excluding tert-OH is 1. The van der Waals surface area contributed by atoms with Crippen LogP contribution in [-0.4, -0.2) is 82.2 Å². The number of ketones is 1. The molecule has 8 unspecified atom stereocenters. The first kappa shape index (κ1) is 34.2. The summed E-state index contributed by atoms with van der Waals surface area (Å²) in [5.74, 6) is -4.60. The van der Waals surface area contributed by atoms with E-state index in [2.05, 4.69) is 0 Å². The van der Waals surface area contributed by atoms with Crippen LogP contribution in [0.2, 0.25) is 0 Å². The van der Waals surface area contributed by atoms with E-state index in [1.165, 1.54) is 13.8 Å². The fraction of sp³-hybridized carbons (Fsp3) is 0.657. The Bertz CT molecular complexity index is 1450. The monoisotopic (exact) mass is 641 g/mol. The van der Waals surface area contributed by atoms with E-state index >= 15 is 4.79 Å². The molecule has 0 aromatic heterocycles. The molecule has 0 radical (unpaired) electrons. The fourth-order valence-electron chi connectivity index (χ4n) is 8.99. The second kappa shape index (κ2) is 11.5. The number of hydrogen-bond acceptors (Lipinski definition) is 11. The van der Waals surface area contributed by atoms with Crippen molar-refractivity contribution < 1.29 is 48.3 Å². The van der Waals surface area contributed by atoms with Crippen LogP contribution in [0, 0.1) is 28.6 Å². The normalized spacial score (nSPS) is 39.3. The highest BCUT2D eigenvalue weighted by Crippen LogP contribution is 2.66. The van der Waals surface area contributed by atoms with Gasteiger partial charge in [0.25, 0.3) is 0 Å². The average molecular weight is 642 g/mol. The molecule has 1 aliphatic heterocycles. The van der Waals surface area contributed by atoms with E-state index in [-0.39, 0.29) is 30.3 Å². The van der Waals surface area contributed by atoms with Gasteiger partial charge in [-0.1, -0.05) is 52.8 Å². The molecule has 1 heterocycles. The first-order chi connectivity index (χ1) is 21.3. The first-order valence-electron chi connectivity index (χ1n) is 16.0. The number of benzene rings is 1. The summed E-state index contributed by atoms with van der Waals surface area (Å²) in [6.45, 7) is 13.5. The Morgan fingerprint density at radius 2 is 1.72 bits per heavy atom. The predicted octanol–water partition coefficient (Wildman–Crippen LogP) is 2.89. The third-order valence-electron chi connectivity index (χ3n) is 11.7. The summed E-state index contributed by atoms with van der Waals surface area (Å²) in [5, 5.41) is 23.7. The number of esters is 3. The van der Waals surface area contributed by atoms with Crippen molar-refractivity contribution in [1.82, 2.24) is 0 Å². The summed E-state index contributed by atoms with van der Waals surface area (Å²) < 4.78 is 24.3. The van der Waals surface area contributed by atoms with Crippen molar-refractivity contribution in [3.05, 3.63) is 47.0 Å². The molecule has 3 fully saturated rings. The highest BCUT2D eigenvalue weighted by atomic mass is 16.6. The minimum Gasteiger partial charge on any atom is -0.456 e. The summed E-state index contributed by atoms with van der Waals surface area (Å²) in [6.07, 6.45) is -4.58. The summed E-state index contributed by atoms with van der Waals surface area (Å²) in [4.78, 5) is 54.8. The lowest BCUT2D eigenvalue weighted by Crippen LogP contribution is -2.80. The molecular formula is C35H47NO10. The summed E-state index contributed by atoms with van der Waals surface area (Å²) in [7, 11) is 0. The molecule has 11 atom stereocenters. The highest BCUT2D eigenvalue weighted by molar-refractivity contribution is 5.92. The van der Waals surface area contributed by atoms with Crippen molar-refractivity contribution in [1.29, 1.82) is 0 Å². The quantitative estimate of drug-likeness (QED) is 0.237. The minimum absolute atomic E-state index is 0.0531. The zero-order valence-corrected chi connectivity index (χ0v) is 27.9. The average Bonchev–Trinajstić information content (AvgIpc) is 2.98. The summed E-state index contributed by atoms with van der Waals surface area (Å²) >= 11 is 0. The maximum atomic E-state index is 15.0. The van der Waals surface area contributed by atoms with Gasteiger partial charge in [0.1, 0.15) is 29.7 Å². The van der Waals surface area contributed by atoms with E-state index in [0.29, 0.717) is 17.6 Å². The van der Waals surface area contributed by atoms with Crippen molar-refractivity contribution in [3.63, 3.8) is 0 Å². The van der Waals surface area contributed by atoms with Crippen LogP contribution in [0.25, 0.3) is 0 Å². The Hall–Kier alpha value is -3.12. The van der Waals surface area contributed by atoms with Gasteiger partial charge in [-0.25, -0.2) is 9.59 Å². The van der Waals surface area contributed by atoms with Gasteiger partial charge in [0.05, 0.1) is 18.1 Å². The molecule has 5 rings (SSSR count). The third-order valence-corrected chi connectivity index (χ3v) is 11.7. The number of hydrogen-bond donors (Lipinski definition) is 3. The topological polar surface area (TPSA) is 172 Å². The number of Topliss-reactive ketones (excluding diaryl/α,β-unsaturated/α-hetero) is 1. The van der Waals surface area contributed by atoms with E-state index in [1.807, 2.05) is 13.8 Å². The zero-order chi connectivity index (χ0) is 34.1.